The number of esters is 1. The fourth-order valence-electron chi connectivity index (χ4n) is 3.21. The van der Waals surface area contributed by atoms with Crippen molar-refractivity contribution in [3.05, 3.63) is 59.7 Å². The zero-order chi connectivity index (χ0) is 21.7. The number of sulfonamides is 1. The second-order valence-corrected chi connectivity index (χ2v) is 8.83. The molecule has 1 heterocycles. The first-order valence-electron chi connectivity index (χ1n) is 9.36. The van der Waals surface area contributed by atoms with Crippen molar-refractivity contribution in [1.29, 1.82) is 5.26 Å². The van der Waals surface area contributed by atoms with Gasteiger partial charge in [-0.3, -0.25) is 9.59 Å². The maximum absolute atomic E-state index is 12.9. The fraction of sp³-hybridized carbons (Fsp3) is 0.286. The largest absolute Gasteiger partial charge is 0.454 e. The average Bonchev–Trinajstić information content (AvgIpc) is 3.23. The Bertz CT molecular complexity index is 1090. The van der Waals surface area contributed by atoms with Crippen LogP contribution in [0.4, 0.5) is 5.69 Å². The predicted molar refractivity (Wildman–Crippen MR) is 109 cm³/mol. The van der Waals surface area contributed by atoms with E-state index in [2.05, 4.69) is 5.32 Å². The third-order valence-electron chi connectivity index (χ3n) is 4.72. The molecule has 1 aliphatic heterocycles. The van der Waals surface area contributed by atoms with E-state index in [-0.39, 0.29) is 11.4 Å². The Balaban J connectivity index is 1.62. The molecule has 1 amide bonds. The highest BCUT2D eigenvalue weighted by molar-refractivity contribution is 7.89. The smallest absolute Gasteiger partial charge is 0.324 e. The quantitative estimate of drug-likeness (QED) is 0.707. The molecule has 30 heavy (non-hydrogen) atoms. The Labute approximate surface area is 175 Å². The van der Waals surface area contributed by atoms with E-state index in [1.807, 2.05) is 13.0 Å². The van der Waals surface area contributed by atoms with Crippen molar-refractivity contribution in [1.82, 2.24) is 4.31 Å². The summed E-state index contributed by atoms with van der Waals surface area (Å²) in [5.41, 5.74) is 1.71. The molecule has 0 bridgehead atoms. The van der Waals surface area contributed by atoms with E-state index in [9.17, 15) is 18.0 Å². The summed E-state index contributed by atoms with van der Waals surface area (Å²) in [7, 11) is -3.84. The summed E-state index contributed by atoms with van der Waals surface area (Å²) in [5, 5.41) is 11.4. The molecule has 156 valence electrons. The summed E-state index contributed by atoms with van der Waals surface area (Å²) in [5.74, 6) is -1.34. The molecular weight excluding hydrogens is 406 g/mol. The van der Waals surface area contributed by atoms with Crippen molar-refractivity contribution in [3.8, 4) is 6.07 Å². The van der Waals surface area contributed by atoms with Crippen LogP contribution in [0.5, 0.6) is 0 Å². The van der Waals surface area contributed by atoms with Crippen LogP contribution in [0, 0.1) is 18.3 Å². The van der Waals surface area contributed by atoms with Crippen molar-refractivity contribution in [2.75, 3.05) is 18.5 Å². The lowest BCUT2D eigenvalue weighted by molar-refractivity contribution is -0.150. The Morgan fingerprint density at radius 3 is 2.67 bits per heavy atom. The van der Waals surface area contributed by atoms with Crippen LogP contribution in [0.2, 0.25) is 0 Å². The van der Waals surface area contributed by atoms with E-state index in [4.69, 9.17) is 10.00 Å². The SMILES string of the molecule is Cc1ccc(S(=O)(=O)N2CCCC2C(=O)OCC(=O)Nc2cccc(C#N)c2)cc1. The van der Waals surface area contributed by atoms with Gasteiger partial charge in [0, 0.05) is 12.2 Å². The lowest BCUT2D eigenvalue weighted by atomic mass is 10.2. The predicted octanol–water partition coefficient (Wildman–Crippen LogP) is 2.20. The third kappa shape index (κ3) is 4.84. The zero-order valence-electron chi connectivity index (χ0n) is 16.4. The van der Waals surface area contributed by atoms with Gasteiger partial charge in [-0.2, -0.15) is 9.57 Å². The van der Waals surface area contributed by atoms with Crippen LogP contribution in [0.3, 0.4) is 0 Å². The molecule has 1 unspecified atom stereocenters. The molecule has 1 aliphatic rings. The first kappa shape index (κ1) is 21.5. The van der Waals surface area contributed by atoms with Gasteiger partial charge in [-0.15, -0.1) is 0 Å². The summed E-state index contributed by atoms with van der Waals surface area (Å²) >= 11 is 0. The van der Waals surface area contributed by atoms with Crippen molar-refractivity contribution in [2.24, 2.45) is 0 Å². The molecule has 0 aromatic heterocycles. The molecule has 0 radical (unpaired) electrons. The van der Waals surface area contributed by atoms with Crippen molar-refractivity contribution < 1.29 is 22.7 Å². The van der Waals surface area contributed by atoms with Crippen LogP contribution in [-0.4, -0.2) is 43.8 Å². The number of ether oxygens (including phenoxy) is 1. The number of hydrogen-bond donors (Lipinski definition) is 1. The number of amides is 1. The number of carbonyl (C=O) groups is 2. The molecule has 2 aromatic rings. The normalized spacial score (nSPS) is 16.6. The number of aryl methyl sites for hydroxylation is 1. The number of benzene rings is 2. The molecule has 0 spiro atoms. The minimum Gasteiger partial charge on any atom is -0.454 e. The monoisotopic (exact) mass is 427 g/mol. The standard InChI is InChI=1S/C21H21N3O5S/c1-15-7-9-18(10-8-15)30(27,28)24-11-3-6-19(24)21(26)29-14-20(25)23-17-5-2-4-16(12-17)13-22/h2,4-5,7-10,12,19H,3,6,11,14H2,1H3,(H,23,25). The maximum atomic E-state index is 12.9. The molecule has 3 rings (SSSR count). The van der Waals surface area contributed by atoms with Crippen LogP contribution in [0.25, 0.3) is 0 Å². The highest BCUT2D eigenvalue weighted by atomic mass is 32.2. The molecule has 2 aromatic carbocycles. The lowest BCUT2D eigenvalue weighted by Gasteiger charge is -2.22. The lowest BCUT2D eigenvalue weighted by Crippen LogP contribution is -2.42. The van der Waals surface area contributed by atoms with Crippen LogP contribution in [0.1, 0.15) is 24.0 Å². The Kier molecular flexibility index (Phi) is 6.50. The van der Waals surface area contributed by atoms with Gasteiger partial charge in [0.1, 0.15) is 6.04 Å². The van der Waals surface area contributed by atoms with Gasteiger partial charge in [0.05, 0.1) is 16.5 Å². The molecule has 0 saturated carbocycles. The summed E-state index contributed by atoms with van der Waals surface area (Å²) in [6.45, 7) is 1.52. The average molecular weight is 427 g/mol. The van der Waals surface area contributed by atoms with Gasteiger partial charge in [-0.1, -0.05) is 23.8 Å². The second kappa shape index (κ2) is 9.07. The molecule has 9 heteroatoms. The van der Waals surface area contributed by atoms with Crippen LogP contribution < -0.4 is 5.32 Å². The maximum Gasteiger partial charge on any atom is 0.324 e. The number of carbonyl (C=O) groups excluding carboxylic acids is 2. The molecule has 1 N–H and O–H groups in total. The summed E-state index contributed by atoms with van der Waals surface area (Å²) in [6, 6.07) is 13.7. The fourth-order valence-corrected chi connectivity index (χ4v) is 4.85. The van der Waals surface area contributed by atoms with E-state index in [0.717, 1.165) is 9.87 Å². The van der Waals surface area contributed by atoms with Gasteiger partial charge in [0.15, 0.2) is 6.61 Å². The van der Waals surface area contributed by atoms with Crippen molar-refractivity contribution in [3.63, 3.8) is 0 Å². The first-order chi connectivity index (χ1) is 14.3. The topological polar surface area (TPSA) is 117 Å². The Morgan fingerprint density at radius 1 is 1.23 bits per heavy atom. The van der Waals surface area contributed by atoms with Crippen LogP contribution >= 0.6 is 0 Å². The molecule has 1 fully saturated rings. The van der Waals surface area contributed by atoms with Gasteiger partial charge in [-0.05, 0) is 50.1 Å². The number of hydrogen-bond acceptors (Lipinski definition) is 6. The minimum absolute atomic E-state index is 0.114. The van der Waals surface area contributed by atoms with E-state index in [0.29, 0.717) is 24.1 Å². The molecule has 8 nitrogen and oxygen atoms in total. The van der Waals surface area contributed by atoms with Crippen molar-refractivity contribution in [2.45, 2.75) is 30.7 Å². The van der Waals surface area contributed by atoms with Gasteiger partial charge >= 0.3 is 5.97 Å². The van der Waals surface area contributed by atoms with Gasteiger partial charge in [0.2, 0.25) is 10.0 Å². The molecule has 1 atom stereocenters. The number of nitriles is 1. The van der Waals surface area contributed by atoms with Crippen molar-refractivity contribution >= 4 is 27.6 Å². The summed E-state index contributed by atoms with van der Waals surface area (Å²) < 4.78 is 32.0. The van der Waals surface area contributed by atoms with E-state index < -0.39 is 34.5 Å². The second-order valence-electron chi connectivity index (χ2n) is 6.94. The highest BCUT2D eigenvalue weighted by Crippen LogP contribution is 2.27. The molecular formula is C21H21N3O5S. The third-order valence-corrected chi connectivity index (χ3v) is 6.65. The first-order valence-corrected chi connectivity index (χ1v) is 10.8. The van der Waals surface area contributed by atoms with Gasteiger partial charge < -0.3 is 10.1 Å². The number of nitrogens with zero attached hydrogens (tertiary/aromatic N) is 2. The van der Waals surface area contributed by atoms with E-state index in [1.54, 1.807) is 30.3 Å². The van der Waals surface area contributed by atoms with Crippen LogP contribution in [-0.2, 0) is 24.3 Å². The summed E-state index contributed by atoms with van der Waals surface area (Å²) in [4.78, 5) is 24.7. The Morgan fingerprint density at radius 2 is 1.97 bits per heavy atom. The molecule has 1 saturated heterocycles. The minimum atomic E-state index is -3.84. The van der Waals surface area contributed by atoms with E-state index in [1.165, 1.54) is 18.2 Å². The van der Waals surface area contributed by atoms with E-state index >= 15 is 0 Å². The highest BCUT2D eigenvalue weighted by Gasteiger charge is 2.40. The number of rotatable bonds is 6. The zero-order valence-corrected chi connectivity index (χ0v) is 17.2. The number of anilines is 1. The van der Waals surface area contributed by atoms with Gasteiger partial charge in [0.25, 0.3) is 5.91 Å². The van der Waals surface area contributed by atoms with Gasteiger partial charge in [-0.25, -0.2) is 8.42 Å². The van der Waals surface area contributed by atoms with Crippen LogP contribution in [0.15, 0.2) is 53.4 Å². The molecule has 0 aliphatic carbocycles. The summed E-state index contributed by atoms with van der Waals surface area (Å²) in [6.07, 6.45) is 0.855. The number of nitrogens with one attached hydrogen (secondary N) is 1. The Hall–Kier alpha value is -3.22.